The van der Waals surface area contributed by atoms with Gasteiger partial charge in [0.25, 0.3) is 0 Å². The molecule has 1 unspecified atom stereocenters. The van der Waals surface area contributed by atoms with Gasteiger partial charge in [0.15, 0.2) is 0 Å². The van der Waals surface area contributed by atoms with E-state index in [4.69, 9.17) is 4.42 Å². The van der Waals surface area contributed by atoms with Crippen LogP contribution in [0.4, 0.5) is 0 Å². The Balaban J connectivity index is 1.99. The normalized spacial score (nSPS) is 21.0. The molecule has 1 fully saturated rings. The molecule has 0 spiro atoms. The van der Waals surface area contributed by atoms with E-state index in [-0.39, 0.29) is 5.41 Å². The highest BCUT2D eigenvalue weighted by atomic mass is 16.4. The number of nitrogens with one attached hydrogen (secondary N) is 1. The molecule has 5 nitrogen and oxygen atoms in total. The van der Waals surface area contributed by atoms with Gasteiger partial charge in [0.2, 0.25) is 11.8 Å². The third-order valence-electron chi connectivity index (χ3n) is 3.64. The van der Waals surface area contributed by atoms with Crippen molar-refractivity contribution in [3.63, 3.8) is 0 Å². The molecule has 1 aliphatic rings. The lowest BCUT2D eigenvalue weighted by Crippen LogP contribution is -2.45. The summed E-state index contributed by atoms with van der Waals surface area (Å²) in [7, 11) is 0. The third kappa shape index (κ3) is 3.76. The fourth-order valence-corrected chi connectivity index (χ4v) is 2.44. The van der Waals surface area contributed by atoms with Crippen molar-refractivity contribution in [2.24, 2.45) is 0 Å². The van der Waals surface area contributed by atoms with Crippen LogP contribution in [0.5, 0.6) is 0 Å². The van der Waals surface area contributed by atoms with Gasteiger partial charge in [-0.2, -0.15) is 0 Å². The van der Waals surface area contributed by atoms with Gasteiger partial charge in [0.05, 0.1) is 6.54 Å². The molecule has 1 atom stereocenters. The Hall–Kier alpha value is -0.940. The van der Waals surface area contributed by atoms with Crippen LogP contribution in [0.2, 0.25) is 0 Å². The average molecular weight is 266 g/mol. The van der Waals surface area contributed by atoms with Gasteiger partial charge in [-0.05, 0) is 25.9 Å². The van der Waals surface area contributed by atoms with Crippen LogP contribution in [0.3, 0.4) is 0 Å². The van der Waals surface area contributed by atoms with Crippen LogP contribution in [-0.4, -0.2) is 40.8 Å². The SMILES string of the molecule is CCN(Cc1nnc(C(C)(C)C)o1)C1CCCNC1. The lowest BCUT2D eigenvalue weighted by molar-refractivity contribution is 0.150. The summed E-state index contributed by atoms with van der Waals surface area (Å²) in [6.45, 7) is 12.4. The highest BCUT2D eigenvalue weighted by Gasteiger charge is 2.24. The Morgan fingerprint density at radius 3 is 2.68 bits per heavy atom. The van der Waals surface area contributed by atoms with Gasteiger partial charge in [0, 0.05) is 18.0 Å². The molecule has 1 saturated heterocycles. The molecule has 1 aliphatic heterocycles. The monoisotopic (exact) mass is 266 g/mol. The van der Waals surface area contributed by atoms with E-state index in [1.165, 1.54) is 12.8 Å². The summed E-state index contributed by atoms with van der Waals surface area (Å²) < 4.78 is 5.79. The van der Waals surface area contributed by atoms with E-state index in [1.807, 2.05) is 0 Å². The lowest BCUT2D eigenvalue weighted by Gasteiger charge is -2.32. The second-order valence-electron chi connectivity index (χ2n) is 6.31. The van der Waals surface area contributed by atoms with Crippen molar-refractivity contribution in [2.45, 2.75) is 58.5 Å². The van der Waals surface area contributed by atoms with Gasteiger partial charge in [-0.15, -0.1) is 10.2 Å². The van der Waals surface area contributed by atoms with Gasteiger partial charge in [-0.25, -0.2) is 0 Å². The van der Waals surface area contributed by atoms with E-state index < -0.39 is 0 Å². The predicted molar refractivity (Wildman–Crippen MR) is 75.0 cm³/mol. The Morgan fingerprint density at radius 1 is 1.37 bits per heavy atom. The zero-order chi connectivity index (χ0) is 13.9. The van der Waals surface area contributed by atoms with Crippen LogP contribution >= 0.6 is 0 Å². The van der Waals surface area contributed by atoms with Crippen LogP contribution in [0, 0.1) is 0 Å². The number of hydrogen-bond donors (Lipinski definition) is 1. The first-order valence-electron chi connectivity index (χ1n) is 7.28. The van der Waals surface area contributed by atoms with E-state index in [0.717, 1.165) is 38.0 Å². The number of rotatable bonds is 4. The third-order valence-corrected chi connectivity index (χ3v) is 3.64. The first kappa shape index (κ1) is 14.5. The standard InChI is InChI=1S/C14H26N4O/c1-5-18(11-7-6-8-15-9-11)10-12-16-17-13(19-12)14(2,3)4/h11,15H,5-10H2,1-4H3. The minimum atomic E-state index is -0.0747. The molecule has 108 valence electrons. The Bertz CT molecular complexity index is 390. The number of piperidine rings is 1. The van der Waals surface area contributed by atoms with Crippen molar-refractivity contribution in [1.82, 2.24) is 20.4 Å². The molecule has 5 heteroatoms. The van der Waals surface area contributed by atoms with Crippen molar-refractivity contribution >= 4 is 0 Å². The van der Waals surface area contributed by atoms with Crippen LogP contribution < -0.4 is 5.32 Å². The first-order valence-corrected chi connectivity index (χ1v) is 7.28. The lowest BCUT2D eigenvalue weighted by atomic mass is 9.97. The molecule has 1 aromatic rings. The van der Waals surface area contributed by atoms with Crippen molar-refractivity contribution in [3.8, 4) is 0 Å². The number of aromatic nitrogens is 2. The summed E-state index contributed by atoms with van der Waals surface area (Å²) in [5.74, 6) is 1.46. The summed E-state index contributed by atoms with van der Waals surface area (Å²) >= 11 is 0. The summed E-state index contributed by atoms with van der Waals surface area (Å²) in [5, 5.41) is 11.8. The molecule has 0 radical (unpaired) electrons. The van der Waals surface area contributed by atoms with Crippen molar-refractivity contribution < 1.29 is 4.42 Å². The van der Waals surface area contributed by atoms with Crippen molar-refractivity contribution in [1.29, 1.82) is 0 Å². The van der Waals surface area contributed by atoms with Crippen LogP contribution in [-0.2, 0) is 12.0 Å². The predicted octanol–water partition coefficient (Wildman–Crippen LogP) is 1.94. The Morgan fingerprint density at radius 2 is 2.16 bits per heavy atom. The molecule has 19 heavy (non-hydrogen) atoms. The fraction of sp³-hybridized carbons (Fsp3) is 0.857. The molecule has 0 aliphatic carbocycles. The van der Waals surface area contributed by atoms with Crippen molar-refractivity contribution in [3.05, 3.63) is 11.8 Å². The number of hydrogen-bond acceptors (Lipinski definition) is 5. The summed E-state index contributed by atoms with van der Waals surface area (Å²) in [6, 6.07) is 0.587. The van der Waals surface area contributed by atoms with E-state index in [1.54, 1.807) is 0 Å². The maximum Gasteiger partial charge on any atom is 0.230 e. The van der Waals surface area contributed by atoms with Gasteiger partial charge >= 0.3 is 0 Å². The van der Waals surface area contributed by atoms with Gasteiger partial charge in [0.1, 0.15) is 0 Å². The highest BCUT2D eigenvalue weighted by molar-refractivity contribution is 4.96. The summed E-state index contributed by atoms with van der Waals surface area (Å²) in [5.41, 5.74) is -0.0747. The van der Waals surface area contributed by atoms with Gasteiger partial charge in [-0.3, -0.25) is 4.90 Å². The molecule has 0 bridgehead atoms. The summed E-state index contributed by atoms with van der Waals surface area (Å²) in [4.78, 5) is 2.42. The molecule has 0 amide bonds. The van der Waals surface area contributed by atoms with E-state index in [9.17, 15) is 0 Å². The topological polar surface area (TPSA) is 54.2 Å². The van der Waals surface area contributed by atoms with Gasteiger partial charge in [-0.1, -0.05) is 27.7 Å². The molecule has 2 heterocycles. The molecule has 0 saturated carbocycles. The number of likely N-dealkylation sites (N-methyl/N-ethyl adjacent to an activating group) is 1. The van der Waals surface area contributed by atoms with E-state index in [0.29, 0.717) is 6.04 Å². The minimum Gasteiger partial charge on any atom is -0.423 e. The highest BCUT2D eigenvalue weighted by Crippen LogP contribution is 2.21. The second kappa shape index (κ2) is 6.01. The van der Waals surface area contributed by atoms with Crippen molar-refractivity contribution in [2.75, 3.05) is 19.6 Å². The molecular weight excluding hydrogens is 240 g/mol. The smallest absolute Gasteiger partial charge is 0.230 e. The zero-order valence-electron chi connectivity index (χ0n) is 12.6. The Labute approximate surface area is 115 Å². The molecular formula is C14H26N4O. The second-order valence-corrected chi connectivity index (χ2v) is 6.31. The van der Waals surface area contributed by atoms with Gasteiger partial charge < -0.3 is 9.73 Å². The maximum absolute atomic E-state index is 5.79. The largest absolute Gasteiger partial charge is 0.423 e. The van der Waals surface area contributed by atoms with Crippen LogP contribution in [0.15, 0.2) is 4.42 Å². The molecule has 2 rings (SSSR count). The van der Waals surface area contributed by atoms with E-state index >= 15 is 0 Å². The van der Waals surface area contributed by atoms with Crippen LogP contribution in [0.25, 0.3) is 0 Å². The number of nitrogens with zero attached hydrogens (tertiary/aromatic N) is 3. The zero-order valence-corrected chi connectivity index (χ0v) is 12.6. The minimum absolute atomic E-state index is 0.0747. The molecule has 1 aromatic heterocycles. The molecule has 0 aromatic carbocycles. The average Bonchev–Trinajstić information content (AvgIpc) is 2.85. The molecule has 1 N–H and O–H groups in total. The van der Waals surface area contributed by atoms with Crippen LogP contribution in [0.1, 0.15) is 52.3 Å². The first-order chi connectivity index (χ1) is 9.00. The summed E-state index contributed by atoms with van der Waals surface area (Å²) in [6.07, 6.45) is 2.50. The fourth-order valence-electron chi connectivity index (χ4n) is 2.44. The Kier molecular flexibility index (Phi) is 4.58. The quantitative estimate of drug-likeness (QED) is 0.902. The maximum atomic E-state index is 5.79. The van der Waals surface area contributed by atoms with E-state index in [2.05, 4.69) is 48.1 Å².